The van der Waals surface area contributed by atoms with Crippen LogP contribution < -0.4 is 11.1 Å². The van der Waals surface area contributed by atoms with E-state index in [1.54, 1.807) is 5.38 Å². The Morgan fingerprint density at radius 1 is 1.26 bits per heavy atom. The van der Waals surface area contributed by atoms with Crippen molar-refractivity contribution in [3.05, 3.63) is 51.1 Å². The molecule has 19 heavy (non-hydrogen) atoms. The molecule has 0 bridgehead atoms. The number of nitrogens with one attached hydrogen (secondary N) is 1. The first-order valence-corrected chi connectivity index (χ1v) is 6.80. The SMILES string of the molecule is NC(=O)c1ccsc1NC(=O)c1ccc(F)cc1Br. The Morgan fingerprint density at radius 2 is 2.00 bits per heavy atom. The van der Waals surface area contributed by atoms with Gasteiger partial charge in [-0.2, -0.15) is 0 Å². The Bertz CT molecular complexity index is 657. The molecule has 2 rings (SSSR count). The van der Waals surface area contributed by atoms with E-state index < -0.39 is 17.6 Å². The van der Waals surface area contributed by atoms with Crippen LogP contribution >= 0.6 is 27.3 Å². The van der Waals surface area contributed by atoms with Crippen LogP contribution in [-0.4, -0.2) is 11.8 Å². The summed E-state index contributed by atoms with van der Waals surface area (Å²) in [6.45, 7) is 0. The topological polar surface area (TPSA) is 72.2 Å². The molecule has 0 aliphatic carbocycles. The quantitative estimate of drug-likeness (QED) is 0.899. The van der Waals surface area contributed by atoms with E-state index in [9.17, 15) is 14.0 Å². The van der Waals surface area contributed by atoms with Crippen molar-refractivity contribution in [1.29, 1.82) is 0 Å². The number of primary amides is 1. The molecular weight excluding hydrogens is 335 g/mol. The highest BCUT2D eigenvalue weighted by Crippen LogP contribution is 2.25. The fourth-order valence-corrected chi connectivity index (χ4v) is 2.76. The van der Waals surface area contributed by atoms with Crippen molar-refractivity contribution in [3.63, 3.8) is 0 Å². The van der Waals surface area contributed by atoms with Gasteiger partial charge in [-0.25, -0.2) is 4.39 Å². The summed E-state index contributed by atoms with van der Waals surface area (Å²) in [5.74, 6) is -1.51. The standard InChI is InChI=1S/C12H8BrFN2O2S/c13-9-5-6(14)1-2-7(9)11(18)16-12-8(10(15)17)3-4-19-12/h1-5H,(H2,15,17)(H,16,18). The summed E-state index contributed by atoms with van der Waals surface area (Å²) < 4.78 is 13.3. The molecule has 0 radical (unpaired) electrons. The molecule has 4 nitrogen and oxygen atoms in total. The van der Waals surface area contributed by atoms with Gasteiger partial charge >= 0.3 is 0 Å². The van der Waals surface area contributed by atoms with Crippen LogP contribution in [0, 0.1) is 5.82 Å². The molecule has 0 saturated carbocycles. The summed E-state index contributed by atoms with van der Waals surface area (Å²) in [5, 5.41) is 4.59. The Balaban J connectivity index is 2.26. The second-order valence-electron chi connectivity index (χ2n) is 3.61. The summed E-state index contributed by atoms with van der Waals surface area (Å²) in [6.07, 6.45) is 0. The van der Waals surface area contributed by atoms with Gasteiger partial charge in [0.05, 0.1) is 11.1 Å². The largest absolute Gasteiger partial charge is 0.366 e. The highest BCUT2D eigenvalue weighted by Gasteiger charge is 2.15. The maximum absolute atomic E-state index is 12.9. The van der Waals surface area contributed by atoms with Gasteiger partial charge in [0.25, 0.3) is 11.8 Å². The van der Waals surface area contributed by atoms with Crippen LogP contribution in [0.2, 0.25) is 0 Å². The predicted molar refractivity (Wildman–Crippen MR) is 74.9 cm³/mol. The molecule has 0 fully saturated rings. The first-order valence-electron chi connectivity index (χ1n) is 5.12. The van der Waals surface area contributed by atoms with Gasteiger partial charge in [0.15, 0.2) is 0 Å². The van der Waals surface area contributed by atoms with Gasteiger partial charge in [-0.15, -0.1) is 11.3 Å². The Hall–Kier alpha value is -1.73. The number of benzene rings is 1. The van der Waals surface area contributed by atoms with Crippen LogP contribution in [0.1, 0.15) is 20.7 Å². The van der Waals surface area contributed by atoms with Crippen molar-refractivity contribution >= 4 is 44.1 Å². The molecular formula is C12H8BrFN2O2S. The highest BCUT2D eigenvalue weighted by atomic mass is 79.9. The molecule has 1 aromatic heterocycles. The Labute approximate surface area is 120 Å². The number of thiophene rings is 1. The molecule has 0 aliphatic rings. The molecule has 2 amide bonds. The zero-order valence-electron chi connectivity index (χ0n) is 9.44. The van der Waals surface area contributed by atoms with Crippen molar-refractivity contribution < 1.29 is 14.0 Å². The minimum Gasteiger partial charge on any atom is -0.366 e. The summed E-state index contributed by atoms with van der Waals surface area (Å²) in [5.41, 5.74) is 5.70. The number of amides is 2. The molecule has 0 aliphatic heterocycles. The number of hydrogen-bond acceptors (Lipinski definition) is 3. The maximum Gasteiger partial charge on any atom is 0.257 e. The lowest BCUT2D eigenvalue weighted by Crippen LogP contribution is -2.16. The molecule has 98 valence electrons. The number of carbonyl (C=O) groups excluding carboxylic acids is 2. The van der Waals surface area contributed by atoms with E-state index in [2.05, 4.69) is 21.2 Å². The lowest BCUT2D eigenvalue weighted by atomic mass is 10.2. The van der Waals surface area contributed by atoms with E-state index in [0.717, 1.165) is 0 Å². The number of rotatable bonds is 3. The average Bonchev–Trinajstić information content (AvgIpc) is 2.76. The zero-order valence-corrected chi connectivity index (χ0v) is 11.8. The first kappa shape index (κ1) is 13.7. The Kier molecular flexibility index (Phi) is 3.96. The van der Waals surface area contributed by atoms with Gasteiger partial charge in [0.2, 0.25) is 0 Å². The number of halogens is 2. The first-order chi connectivity index (χ1) is 8.99. The number of nitrogens with two attached hydrogens (primary N) is 1. The van der Waals surface area contributed by atoms with Crippen LogP contribution in [0.25, 0.3) is 0 Å². The Morgan fingerprint density at radius 3 is 2.63 bits per heavy atom. The molecule has 1 heterocycles. The van der Waals surface area contributed by atoms with Crippen molar-refractivity contribution in [2.24, 2.45) is 5.73 Å². The second-order valence-corrected chi connectivity index (χ2v) is 5.38. The van der Waals surface area contributed by atoms with Gasteiger partial charge in [0.1, 0.15) is 10.8 Å². The maximum atomic E-state index is 12.9. The normalized spacial score (nSPS) is 10.2. The number of anilines is 1. The van der Waals surface area contributed by atoms with Gasteiger partial charge in [-0.1, -0.05) is 0 Å². The molecule has 0 spiro atoms. The molecule has 3 N–H and O–H groups in total. The van der Waals surface area contributed by atoms with E-state index in [0.29, 0.717) is 9.47 Å². The minimum atomic E-state index is -0.616. The van der Waals surface area contributed by atoms with Crippen LogP contribution in [0.15, 0.2) is 34.1 Å². The van der Waals surface area contributed by atoms with Gasteiger partial charge in [0, 0.05) is 4.47 Å². The zero-order chi connectivity index (χ0) is 14.0. The van der Waals surface area contributed by atoms with Gasteiger partial charge in [-0.05, 0) is 45.6 Å². The van der Waals surface area contributed by atoms with E-state index >= 15 is 0 Å². The smallest absolute Gasteiger partial charge is 0.257 e. The van der Waals surface area contributed by atoms with Crippen LogP contribution in [0.4, 0.5) is 9.39 Å². The lowest BCUT2D eigenvalue weighted by molar-refractivity contribution is 0.100. The third-order valence-electron chi connectivity index (χ3n) is 2.33. The summed E-state index contributed by atoms with van der Waals surface area (Å²) in [7, 11) is 0. The predicted octanol–water partition coefficient (Wildman–Crippen LogP) is 3.00. The third-order valence-corrected chi connectivity index (χ3v) is 3.82. The van der Waals surface area contributed by atoms with Crippen molar-refractivity contribution in [2.45, 2.75) is 0 Å². The van der Waals surface area contributed by atoms with Crippen LogP contribution in [0.5, 0.6) is 0 Å². The highest BCUT2D eigenvalue weighted by molar-refractivity contribution is 9.10. The van der Waals surface area contributed by atoms with Crippen LogP contribution in [0.3, 0.4) is 0 Å². The monoisotopic (exact) mass is 342 g/mol. The average molecular weight is 343 g/mol. The van der Waals surface area contributed by atoms with Crippen LogP contribution in [-0.2, 0) is 0 Å². The number of hydrogen-bond donors (Lipinski definition) is 2. The van der Waals surface area contributed by atoms with Crippen molar-refractivity contribution in [3.8, 4) is 0 Å². The summed E-state index contributed by atoms with van der Waals surface area (Å²) in [6, 6.07) is 5.26. The van der Waals surface area contributed by atoms with E-state index in [-0.39, 0.29) is 11.1 Å². The lowest BCUT2D eigenvalue weighted by Gasteiger charge is -2.06. The molecule has 7 heteroatoms. The number of carbonyl (C=O) groups is 2. The van der Waals surface area contributed by atoms with Crippen molar-refractivity contribution in [2.75, 3.05) is 5.32 Å². The summed E-state index contributed by atoms with van der Waals surface area (Å²) in [4.78, 5) is 23.1. The van der Waals surface area contributed by atoms with E-state index in [1.807, 2.05) is 0 Å². The fraction of sp³-hybridized carbons (Fsp3) is 0. The minimum absolute atomic E-state index is 0.247. The van der Waals surface area contributed by atoms with Gasteiger partial charge in [-0.3, -0.25) is 9.59 Å². The van der Waals surface area contributed by atoms with E-state index in [1.165, 1.54) is 35.6 Å². The van der Waals surface area contributed by atoms with Crippen molar-refractivity contribution in [1.82, 2.24) is 0 Å². The van der Waals surface area contributed by atoms with E-state index in [4.69, 9.17) is 5.73 Å². The third kappa shape index (κ3) is 2.99. The summed E-state index contributed by atoms with van der Waals surface area (Å²) >= 11 is 4.30. The second kappa shape index (κ2) is 5.50. The van der Waals surface area contributed by atoms with Gasteiger partial charge < -0.3 is 11.1 Å². The molecule has 0 unspecified atom stereocenters. The molecule has 1 aromatic carbocycles. The molecule has 0 saturated heterocycles. The molecule has 2 aromatic rings. The fourth-order valence-electron chi connectivity index (χ4n) is 1.44. The molecule has 0 atom stereocenters.